The number of piperidine rings is 1. The molecule has 3 rings (SSSR count). The van der Waals surface area contributed by atoms with Gasteiger partial charge in [-0.05, 0) is 56.5 Å². The van der Waals surface area contributed by atoms with Crippen molar-refractivity contribution >= 4 is 21.5 Å². The molecule has 0 saturated carbocycles. The van der Waals surface area contributed by atoms with Crippen molar-refractivity contribution in [3.8, 4) is 11.5 Å². The molecule has 0 amide bonds. The molecule has 0 spiro atoms. The van der Waals surface area contributed by atoms with Crippen LogP contribution in [0, 0.1) is 6.92 Å². The molecule has 1 saturated heterocycles. The van der Waals surface area contributed by atoms with E-state index in [1.54, 1.807) is 43.5 Å². The molecule has 0 aromatic heterocycles. The molecule has 0 radical (unpaired) electrons. The molecule has 0 bridgehead atoms. The Kier molecular flexibility index (Phi) is 8.02. The molecule has 2 aromatic rings. The van der Waals surface area contributed by atoms with Crippen LogP contribution in [0.4, 0.5) is 0 Å². The number of rotatable bonds is 8. The Morgan fingerprint density at radius 2 is 1.73 bits per heavy atom. The average molecular weight is 474 g/mol. The van der Waals surface area contributed by atoms with Crippen LogP contribution in [-0.4, -0.2) is 53.2 Å². The highest BCUT2D eigenvalue weighted by molar-refractivity contribution is 7.94. The van der Waals surface area contributed by atoms with Crippen molar-refractivity contribution in [1.82, 2.24) is 4.90 Å². The summed E-state index contributed by atoms with van der Waals surface area (Å²) in [4.78, 5) is 14.3. The number of nitrogens with zero attached hydrogens (tertiary/aromatic N) is 1. The maximum atomic E-state index is 13.4. The number of likely N-dealkylation sites (tertiary alicyclic amines) is 1. The number of carbonyl (C=O) groups is 1. The molecule has 1 aliphatic heterocycles. The molecule has 7 nitrogen and oxygen atoms in total. The van der Waals surface area contributed by atoms with Crippen molar-refractivity contribution in [2.24, 2.45) is 0 Å². The molecule has 178 valence electrons. The number of aryl methyl sites for hydroxylation is 1. The lowest BCUT2D eigenvalue weighted by atomic mass is 9.97. The van der Waals surface area contributed by atoms with Gasteiger partial charge in [0, 0.05) is 18.2 Å². The minimum Gasteiger partial charge on any atom is -0.493 e. The zero-order valence-corrected chi connectivity index (χ0v) is 20.4. The lowest BCUT2D eigenvalue weighted by Crippen LogP contribution is -2.40. The van der Waals surface area contributed by atoms with Gasteiger partial charge in [0.2, 0.25) is 9.84 Å². The summed E-state index contributed by atoms with van der Waals surface area (Å²) < 4.78 is 42.5. The summed E-state index contributed by atoms with van der Waals surface area (Å²) in [5.74, 6) is 0.724. The SMILES string of the molecule is COC(=O)C[C@@H]1CCCCN1/C(=C/S(=O)(=O)c1ccc(C)cc1)c1ccc(OC)c(OC)c1. The molecule has 33 heavy (non-hydrogen) atoms. The Bertz CT molecular complexity index is 1110. The van der Waals surface area contributed by atoms with Gasteiger partial charge in [-0.2, -0.15) is 0 Å². The zero-order chi connectivity index (χ0) is 24.0. The van der Waals surface area contributed by atoms with Gasteiger partial charge in [-0.1, -0.05) is 17.7 Å². The number of hydrogen-bond donors (Lipinski definition) is 0. The van der Waals surface area contributed by atoms with Crippen LogP contribution in [0.3, 0.4) is 0 Å². The van der Waals surface area contributed by atoms with Gasteiger partial charge in [-0.3, -0.25) is 4.79 Å². The van der Waals surface area contributed by atoms with E-state index in [4.69, 9.17) is 14.2 Å². The van der Waals surface area contributed by atoms with E-state index in [2.05, 4.69) is 0 Å². The predicted octanol–water partition coefficient (Wildman–Crippen LogP) is 4.20. The number of carbonyl (C=O) groups excluding carboxylic acids is 1. The number of sulfone groups is 1. The lowest BCUT2D eigenvalue weighted by Gasteiger charge is -2.39. The Labute approximate surface area is 195 Å². The normalized spacial score (nSPS) is 16.9. The third-order valence-electron chi connectivity index (χ3n) is 5.86. The smallest absolute Gasteiger partial charge is 0.307 e. The van der Waals surface area contributed by atoms with Gasteiger partial charge in [-0.15, -0.1) is 0 Å². The van der Waals surface area contributed by atoms with E-state index in [1.165, 1.54) is 19.6 Å². The highest BCUT2D eigenvalue weighted by Crippen LogP contribution is 2.36. The fourth-order valence-electron chi connectivity index (χ4n) is 4.05. The standard InChI is InChI=1S/C25H31NO6S/c1-18-8-11-21(12-9-18)33(28,29)17-22(19-10-13-23(30-2)24(15-19)31-3)26-14-6-5-7-20(26)16-25(27)32-4/h8-13,15,17,20H,5-7,14,16H2,1-4H3/b22-17+/t20-/m0/s1. The molecule has 1 aliphatic rings. The van der Waals surface area contributed by atoms with Crippen LogP contribution >= 0.6 is 0 Å². The van der Waals surface area contributed by atoms with Gasteiger partial charge in [-0.25, -0.2) is 8.42 Å². The highest BCUT2D eigenvalue weighted by Gasteiger charge is 2.29. The van der Waals surface area contributed by atoms with Crippen molar-refractivity contribution in [3.05, 3.63) is 59.0 Å². The quantitative estimate of drug-likeness (QED) is 0.532. The molecule has 0 unspecified atom stereocenters. The van der Waals surface area contributed by atoms with Crippen molar-refractivity contribution in [2.45, 2.75) is 43.5 Å². The molecule has 1 atom stereocenters. The topological polar surface area (TPSA) is 82.1 Å². The summed E-state index contributed by atoms with van der Waals surface area (Å²) in [6.45, 7) is 2.54. The Morgan fingerprint density at radius 3 is 2.36 bits per heavy atom. The summed E-state index contributed by atoms with van der Waals surface area (Å²) >= 11 is 0. The molecule has 0 aliphatic carbocycles. The Hall–Kier alpha value is -3.00. The van der Waals surface area contributed by atoms with E-state index >= 15 is 0 Å². The van der Waals surface area contributed by atoms with Gasteiger partial charge in [0.15, 0.2) is 11.5 Å². The Balaban J connectivity index is 2.14. The highest BCUT2D eigenvalue weighted by atomic mass is 32.2. The lowest BCUT2D eigenvalue weighted by molar-refractivity contribution is -0.142. The summed E-state index contributed by atoms with van der Waals surface area (Å²) in [6, 6.07) is 11.9. The second-order valence-electron chi connectivity index (χ2n) is 8.05. The van der Waals surface area contributed by atoms with E-state index < -0.39 is 9.84 Å². The van der Waals surface area contributed by atoms with Crippen LogP contribution < -0.4 is 9.47 Å². The van der Waals surface area contributed by atoms with Crippen LogP contribution in [0.2, 0.25) is 0 Å². The predicted molar refractivity (Wildman–Crippen MR) is 127 cm³/mol. The first kappa shape index (κ1) is 24.6. The van der Waals surface area contributed by atoms with Crippen LogP contribution in [0.1, 0.15) is 36.8 Å². The first-order chi connectivity index (χ1) is 15.8. The summed E-state index contributed by atoms with van der Waals surface area (Å²) in [7, 11) is 0.691. The third-order valence-corrected chi connectivity index (χ3v) is 7.32. The molecule has 2 aromatic carbocycles. The van der Waals surface area contributed by atoms with E-state index in [9.17, 15) is 13.2 Å². The second kappa shape index (κ2) is 10.7. The summed E-state index contributed by atoms with van der Waals surface area (Å²) in [5, 5.41) is 1.30. The summed E-state index contributed by atoms with van der Waals surface area (Å²) in [5.41, 5.74) is 2.16. The van der Waals surface area contributed by atoms with Crippen LogP contribution in [-0.2, 0) is 19.4 Å². The largest absolute Gasteiger partial charge is 0.493 e. The Morgan fingerprint density at radius 1 is 1.03 bits per heavy atom. The minimum atomic E-state index is -3.76. The third kappa shape index (κ3) is 5.87. The molecular formula is C25H31NO6S. The monoisotopic (exact) mass is 473 g/mol. The summed E-state index contributed by atoms with van der Waals surface area (Å²) in [6.07, 6.45) is 2.81. The van der Waals surface area contributed by atoms with Crippen LogP contribution in [0.15, 0.2) is 52.8 Å². The average Bonchev–Trinajstić information content (AvgIpc) is 2.82. The van der Waals surface area contributed by atoms with Gasteiger partial charge >= 0.3 is 5.97 Å². The van der Waals surface area contributed by atoms with Crippen molar-refractivity contribution in [1.29, 1.82) is 0 Å². The maximum Gasteiger partial charge on any atom is 0.307 e. The number of methoxy groups -OCH3 is 3. The molecule has 8 heteroatoms. The molecular weight excluding hydrogens is 442 g/mol. The number of hydrogen-bond acceptors (Lipinski definition) is 7. The number of ether oxygens (including phenoxy) is 3. The number of esters is 1. The number of benzene rings is 2. The molecule has 1 fully saturated rings. The van der Waals surface area contributed by atoms with E-state index in [0.717, 1.165) is 24.8 Å². The van der Waals surface area contributed by atoms with Gasteiger partial charge in [0.1, 0.15) is 0 Å². The van der Waals surface area contributed by atoms with Crippen molar-refractivity contribution < 1.29 is 27.4 Å². The van der Waals surface area contributed by atoms with Gasteiger partial charge in [0.05, 0.1) is 43.8 Å². The van der Waals surface area contributed by atoms with Crippen LogP contribution in [0.5, 0.6) is 11.5 Å². The zero-order valence-electron chi connectivity index (χ0n) is 19.5. The maximum absolute atomic E-state index is 13.4. The van der Waals surface area contributed by atoms with E-state index in [-0.39, 0.29) is 23.3 Å². The first-order valence-corrected chi connectivity index (χ1v) is 12.4. The van der Waals surface area contributed by atoms with Crippen LogP contribution in [0.25, 0.3) is 5.70 Å². The van der Waals surface area contributed by atoms with E-state index in [0.29, 0.717) is 29.3 Å². The van der Waals surface area contributed by atoms with Gasteiger partial charge < -0.3 is 19.1 Å². The fourth-order valence-corrected chi connectivity index (χ4v) is 5.26. The molecule has 1 heterocycles. The molecule has 0 N–H and O–H groups in total. The van der Waals surface area contributed by atoms with Crippen molar-refractivity contribution in [3.63, 3.8) is 0 Å². The van der Waals surface area contributed by atoms with Crippen molar-refractivity contribution in [2.75, 3.05) is 27.9 Å². The fraction of sp³-hybridized carbons (Fsp3) is 0.400. The van der Waals surface area contributed by atoms with E-state index in [1.807, 2.05) is 17.9 Å². The first-order valence-electron chi connectivity index (χ1n) is 10.9. The minimum absolute atomic E-state index is 0.168. The second-order valence-corrected chi connectivity index (χ2v) is 9.85. The van der Waals surface area contributed by atoms with Gasteiger partial charge in [0.25, 0.3) is 0 Å².